The average molecular weight is 328 g/mol. The lowest BCUT2D eigenvalue weighted by molar-refractivity contribution is -0.118. The van der Waals surface area contributed by atoms with Crippen molar-refractivity contribution in [1.29, 1.82) is 0 Å². The molecule has 0 radical (unpaired) electrons. The van der Waals surface area contributed by atoms with E-state index in [-0.39, 0.29) is 31.0 Å². The van der Waals surface area contributed by atoms with Gasteiger partial charge in [-0.05, 0) is 6.92 Å². The average Bonchev–Trinajstić information content (AvgIpc) is 2.98. The van der Waals surface area contributed by atoms with Gasteiger partial charge < -0.3 is 11.1 Å². The molecule has 0 fully saturated rings. The highest BCUT2D eigenvalue weighted by molar-refractivity contribution is 5.99. The Morgan fingerprint density at radius 3 is 2.46 bits per heavy atom. The summed E-state index contributed by atoms with van der Waals surface area (Å²) in [5.74, 6) is -0.384. The van der Waals surface area contributed by atoms with Crippen LogP contribution in [0, 0.1) is 6.92 Å². The fourth-order valence-corrected chi connectivity index (χ4v) is 2.09. The second kappa shape index (κ2) is 8.05. The Balaban J connectivity index is 1.79. The van der Waals surface area contributed by atoms with Gasteiger partial charge in [-0.25, -0.2) is 0 Å². The number of Topliss-reactive ketones (excluding diaryl/α,β-unsaturated/α-hetero) is 1. The van der Waals surface area contributed by atoms with E-state index >= 15 is 0 Å². The number of benzene rings is 1. The van der Waals surface area contributed by atoms with Crippen LogP contribution in [-0.2, 0) is 16.1 Å². The molecule has 1 aromatic heterocycles. The molecule has 2 rings (SSSR count). The van der Waals surface area contributed by atoms with E-state index in [1.165, 1.54) is 4.68 Å². The van der Waals surface area contributed by atoms with Crippen molar-refractivity contribution in [1.82, 2.24) is 9.78 Å². The van der Waals surface area contributed by atoms with Crippen molar-refractivity contribution in [3.63, 3.8) is 0 Å². The number of carbonyl (C=O) groups is 3. The van der Waals surface area contributed by atoms with E-state index in [1.54, 1.807) is 24.4 Å². The summed E-state index contributed by atoms with van der Waals surface area (Å²) < 4.78 is 1.53. The van der Waals surface area contributed by atoms with Crippen molar-refractivity contribution >= 4 is 23.4 Å². The number of nitrogens with one attached hydrogen (secondary N) is 1. The van der Waals surface area contributed by atoms with Crippen LogP contribution < -0.4 is 11.1 Å². The van der Waals surface area contributed by atoms with Gasteiger partial charge in [-0.1, -0.05) is 29.8 Å². The van der Waals surface area contributed by atoms with Crippen LogP contribution in [-0.4, -0.2) is 27.4 Å². The summed E-state index contributed by atoms with van der Waals surface area (Å²) in [6.45, 7) is 2.31. The zero-order valence-corrected chi connectivity index (χ0v) is 13.5. The van der Waals surface area contributed by atoms with E-state index in [0.717, 1.165) is 5.56 Å². The Labute approximate surface area is 139 Å². The maximum Gasteiger partial charge on any atom is 0.226 e. The lowest BCUT2D eigenvalue weighted by Gasteiger charge is -2.03. The molecule has 1 aromatic carbocycles. The molecule has 0 aliphatic heterocycles. The first-order valence-corrected chi connectivity index (χ1v) is 7.65. The second-order valence-corrected chi connectivity index (χ2v) is 5.52. The Hall–Kier alpha value is -2.96. The van der Waals surface area contributed by atoms with E-state index in [4.69, 9.17) is 5.73 Å². The molecule has 7 heteroatoms. The van der Waals surface area contributed by atoms with Crippen molar-refractivity contribution in [2.75, 3.05) is 5.32 Å². The van der Waals surface area contributed by atoms with E-state index in [2.05, 4.69) is 10.4 Å². The molecule has 7 nitrogen and oxygen atoms in total. The molecule has 0 bridgehead atoms. The number of amides is 2. The van der Waals surface area contributed by atoms with Crippen LogP contribution >= 0.6 is 0 Å². The van der Waals surface area contributed by atoms with E-state index in [0.29, 0.717) is 17.9 Å². The summed E-state index contributed by atoms with van der Waals surface area (Å²) >= 11 is 0. The predicted molar refractivity (Wildman–Crippen MR) is 89.4 cm³/mol. The summed E-state index contributed by atoms with van der Waals surface area (Å²) in [7, 11) is 0. The topological polar surface area (TPSA) is 107 Å². The van der Waals surface area contributed by atoms with E-state index < -0.39 is 5.91 Å². The molecular formula is C17H20N4O3. The van der Waals surface area contributed by atoms with Crippen molar-refractivity contribution in [3.8, 4) is 0 Å². The van der Waals surface area contributed by atoms with E-state index in [9.17, 15) is 14.4 Å². The Kier molecular flexibility index (Phi) is 5.83. The van der Waals surface area contributed by atoms with E-state index in [1.807, 2.05) is 19.1 Å². The Morgan fingerprint density at radius 1 is 1.08 bits per heavy atom. The van der Waals surface area contributed by atoms with Gasteiger partial charge in [0.2, 0.25) is 11.8 Å². The van der Waals surface area contributed by atoms with Crippen molar-refractivity contribution in [2.24, 2.45) is 5.73 Å². The lowest BCUT2D eigenvalue weighted by atomic mass is 10.1. The molecule has 0 aliphatic rings. The monoisotopic (exact) mass is 328 g/mol. The molecule has 0 aliphatic carbocycles. The first kappa shape index (κ1) is 17.4. The first-order chi connectivity index (χ1) is 11.4. The number of carbonyl (C=O) groups excluding carboxylic acids is 3. The third kappa shape index (κ3) is 5.35. The summed E-state index contributed by atoms with van der Waals surface area (Å²) in [6.07, 6.45) is 2.05. The normalized spacial score (nSPS) is 10.4. The van der Waals surface area contributed by atoms with Gasteiger partial charge in [0, 0.05) is 43.6 Å². The van der Waals surface area contributed by atoms with Crippen molar-refractivity contribution in [2.45, 2.75) is 32.7 Å². The third-order valence-electron chi connectivity index (χ3n) is 3.45. The number of nitrogens with zero attached hydrogens (tertiary/aromatic N) is 2. The number of aromatic nitrogens is 2. The first-order valence-electron chi connectivity index (χ1n) is 7.65. The molecule has 0 unspecified atom stereocenters. The number of ketones is 1. The highest BCUT2D eigenvalue weighted by Gasteiger charge is 2.10. The molecule has 0 spiro atoms. The SMILES string of the molecule is Cc1ccc(C(=O)CCC(=O)Nc2ccn(CCC(N)=O)n2)cc1. The summed E-state index contributed by atoms with van der Waals surface area (Å²) in [5.41, 5.74) is 6.75. The van der Waals surface area contributed by atoms with Gasteiger partial charge in [-0.15, -0.1) is 0 Å². The largest absolute Gasteiger partial charge is 0.370 e. The number of hydrogen-bond acceptors (Lipinski definition) is 4. The van der Waals surface area contributed by atoms with Gasteiger partial charge in [0.15, 0.2) is 11.6 Å². The number of anilines is 1. The number of nitrogens with two attached hydrogens (primary N) is 1. The van der Waals surface area contributed by atoms with Crippen LogP contribution in [0.25, 0.3) is 0 Å². The quantitative estimate of drug-likeness (QED) is 0.719. The summed E-state index contributed by atoms with van der Waals surface area (Å²) in [5, 5.41) is 6.74. The van der Waals surface area contributed by atoms with Gasteiger partial charge in [-0.3, -0.25) is 19.1 Å². The number of hydrogen-bond donors (Lipinski definition) is 2. The Bertz CT molecular complexity index is 735. The molecule has 2 amide bonds. The van der Waals surface area contributed by atoms with Gasteiger partial charge in [0.25, 0.3) is 0 Å². The molecule has 0 atom stereocenters. The molecule has 0 saturated heterocycles. The lowest BCUT2D eigenvalue weighted by Crippen LogP contribution is -2.15. The molecule has 3 N–H and O–H groups in total. The third-order valence-corrected chi connectivity index (χ3v) is 3.45. The van der Waals surface area contributed by atoms with Gasteiger partial charge in [-0.2, -0.15) is 5.10 Å². The van der Waals surface area contributed by atoms with Crippen LogP contribution in [0.3, 0.4) is 0 Å². The number of rotatable bonds is 8. The van der Waals surface area contributed by atoms with Crippen LogP contribution in [0.2, 0.25) is 0 Å². The predicted octanol–water partition coefficient (Wildman–Crippen LogP) is 1.67. The molecule has 1 heterocycles. The fraction of sp³-hybridized carbons (Fsp3) is 0.294. The van der Waals surface area contributed by atoms with Crippen molar-refractivity contribution in [3.05, 3.63) is 47.7 Å². The van der Waals surface area contributed by atoms with Crippen LogP contribution in [0.1, 0.15) is 35.2 Å². The molecule has 2 aromatic rings. The summed E-state index contributed by atoms with van der Waals surface area (Å²) in [6, 6.07) is 8.88. The number of primary amides is 1. The van der Waals surface area contributed by atoms with Crippen LogP contribution in [0.4, 0.5) is 5.82 Å². The standard InChI is InChI=1S/C17H20N4O3/c1-12-2-4-13(5-3-12)14(22)6-7-17(24)19-16-9-11-21(20-16)10-8-15(18)23/h2-5,9,11H,6-8,10H2,1H3,(H2,18,23)(H,19,20,24). The second-order valence-electron chi connectivity index (χ2n) is 5.52. The smallest absolute Gasteiger partial charge is 0.226 e. The minimum Gasteiger partial charge on any atom is -0.370 e. The molecule has 0 saturated carbocycles. The molecular weight excluding hydrogens is 308 g/mol. The zero-order valence-electron chi connectivity index (χ0n) is 13.5. The van der Waals surface area contributed by atoms with Gasteiger partial charge in [0.1, 0.15) is 0 Å². The van der Waals surface area contributed by atoms with Crippen LogP contribution in [0.5, 0.6) is 0 Å². The summed E-state index contributed by atoms with van der Waals surface area (Å²) in [4.78, 5) is 34.6. The number of aryl methyl sites for hydroxylation is 2. The molecule has 126 valence electrons. The highest BCUT2D eigenvalue weighted by Crippen LogP contribution is 2.09. The fourth-order valence-electron chi connectivity index (χ4n) is 2.09. The maximum absolute atomic E-state index is 12.0. The maximum atomic E-state index is 12.0. The Morgan fingerprint density at radius 2 is 1.79 bits per heavy atom. The minimum atomic E-state index is -0.411. The minimum absolute atomic E-state index is 0.0721. The van der Waals surface area contributed by atoms with Gasteiger partial charge >= 0.3 is 0 Å². The molecule has 24 heavy (non-hydrogen) atoms. The van der Waals surface area contributed by atoms with Crippen molar-refractivity contribution < 1.29 is 14.4 Å². The highest BCUT2D eigenvalue weighted by atomic mass is 16.2. The van der Waals surface area contributed by atoms with Crippen LogP contribution in [0.15, 0.2) is 36.5 Å². The van der Waals surface area contributed by atoms with Gasteiger partial charge in [0.05, 0.1) is 0 Å². The zero-order chi connectivity index (χ0) is 17.5.